The summed E-state index contributed by atoms with van der Waals surface area (Å²) in [6.45, 7) is 4.11. The molecule has 0 bridgehead atoms. The molecule has 2 heteroatoms. The molecule has 1 N–H and O–H groups in total. The lowest BCUT2D eigenvalue weighted by Crippen LogP contribution is -2.00. The van der Waals surface area contributed by atoms with E-state index in [0.29, 0.717) is 0 Å². The minimum atomic E-state index is 0.841. The van der Waals surface area contributed by atoms with Crippen LogP contribution in [0, 0.1) is 0 Å². The van der Waals surface area contributed by atoms with Gasteiger partial charge in [0.2, 0.25) is 0 Å². The van der Waals surface area contributed by atoms with Crippen LogP contribution in [0.4, 0.5) is 5.69 Å². The number of anilines is 1. The van der Waals surface area contributed by atoms with Gasteiger partial charge < -0.3 is 10.1 Å². The average Bonchev–Trinajstić information content (AvgIpc) is 2.65. The Bertz CT molecular complexity index is 309. The number of hydrogen-bond donors (Lipinski definition) is 1. The van der Waals surface area contributed by atoms with Gasteiger partial charge in [0.25, 0.3) is 0 Å². The molecule has 1 heterocycles. The van der Waals surface area contributed by atoms with E-state index >= 15 is 0 Å². The van der Waals surface area contributed by atoms with Crippen molar-refractivity contribution in [1.29, 1.82) is 0 Å². The summed E-state index contributed by atoms with van der Waals surface area (Å²) in [5, 5.41) is 3.42. The third-order valence-electron chi connectivity index (χ3n) is 2.55. The lowest BCUT2D eigenvalue weighted by atomic mass is 10.1. The Hall–Kier alpha value is -1.18. The summed E-state index contributed by atoms with van der Waals surface area (Å²) in [6.07, 6.45) is 3.52. The fraction of sp³-hybridized carbons (Fsp3) is 0.500. The second kappa shape index (κ2) is 4.36. The van der Waals surface area contributed by atoms with E-state index in [9.17, 15) is 0 Å². The standard InChI is InChI=1S/C12H17NO/c1-2-3-7-13-11-4-5-12-10(9-11)6-8-14-12/h4-5,9,13H,2-3,6-8H2,1H3. The molecule has 0 atom stereocenters. The highest BCUT2D eigenvalue weighted by Gasteiger charge is 2.11. The molecular weight excluding hydrogens is 174 g/mol. The van der Waals surface area contributed by atoms with Crippen LogP contribution in [0.15, 0.2) is 18.2 Å². The van der Waals surface area contributed by atoms with Crippen LogP contribution in [-0.2, 0) is 6.42 Å². The van der Waals surface area contributed by atoms with Gasteiger partial charge in [0, 0.05) is 18.7 Å². The zero-order valence-electron chi connectivity index (χ0n) is 8.68. The Morgan fingerprint density at radius 1 is 1.43 bits per heavy atom. The quantitative estimate of drug-likeness (QED) is 0.739. The largest absolute Gasteiger partial charge is 0.493 e. The van der Waals surface area contributed by atoms with Crippen LogP contribution in [-0.4, -0.2) is 13.2 Å². The molecule has 0 amide bonds. The normalized spacial score (nSPS) is 13.5. The molecule has 0 radical (unpaired) electrons. The van der Waals surface area contributed by atoms with Gasteiger partial charge >= 0.3 is 0 Å². The Morgan fingerprint density at radius 2 is 2.36 bits per heavy atom. The smallest absolute Gasteiger partial charge is 0.122 e. The van der Waals surface area contributed by atoms with Gasteiger partial charge in [-0.2, -0.15) is 0 Å². The highest BCUT2D eigenvalue weighted by atomic mass is 16.5. The zero-order chi connectivity index (χ0) is 9.80. The Kier molecular flexibility index (Phi) is 2.92. The molecule has 14 heavy (non-hydrogen) atoms. The van der Waals surface area contributed by atoms with E-state index in [4.69, 9.17) is 4.74 Å². The van der Waals surface area contributed by atoms with Gasteiger partial charge in [-0.25, -0.2) is 0 Å². The minimum absolute atomic E-state index is 0.841. The van der Waals surface area contributed by atoms with Crippen molar-refractivity contribution >= 4 is 5.69 Å². The summed E-state index contributed by atoms with van der Waals surface area (Å²) in [7, 11) is 0. The Morgan fingerprint density at radius 3 is 3.21 bits per heavy atom. The molecule has 0 saturated carbocycles. The van der Waals surface area contributed by atoms with Gasteiger partial charge in [0.1, 0.15) is 5.75 Å². The van der Waals surface area contributed by atoms with Gasteiger partial charge in [-0.05, 0) is 30.2 Å². The highest BCUT2D eigenvalue weighted by Crippen LogP contribution is 2.27. The highest BCUT2D eigenvalue weighted by molar-refractivity contribution is 5.52. The van der Waals surface area contributed by atoms with E-state index < -0.39 is 0 Å². The first kappa shape index (κ1) is 9.38. The van der Waals surface area contributed by atoms with Crippen LogP contribution >= 0.6 is 0 Å². The monoisotopic (exact) mass is 191 g/mol. The number of ether oxygens (including phenoxy) is 1. The maximum atomic E-state index is 5.45. The molecule has 2 rings (SSSR count). The molecule has 1 aliphatic rings. The number of fused-ring (bicyclic) bond motifs is 1. The second-order valence-corrected chi connectivity index (χ2v) is 3.70. The first-order chi connectivity index (χ1) is 6.90. The van der Waals surface area contributed by atoms with E-state index in [0.717, 1.165) is 25.3 Å². The van der Waals surface area contributed by atoms with E-state index in [-0.39, 0.29) is 0 Å². The molecule has 0 fully saturated rings. The lowest BCUT2D eigenvalue weighted by Gasteiger charge is -2.06. The van der Waals surface area contributed by atoms with Crippen molar-refractivity contribution in [2.45, 2.75) is 26.2 Å². The Labute approximate surface area is 85.3 Å². The average molecular weight is 191 g/mol. The van der Waals surface area contributed by atoms with Gasteiger partial charge in [0.05, 0.1) is 6.61 Å². The topological polar surface area (TPSA) is 21.3 Å². The Balaban J connectivity index is 1.98. The van der Waals surface area contributed by atoms with Gasteiger partial charge in [-0.1, -0.05) is 13.3 Å². The second-order valence-electron chi connectivity index (χ2n) is 3.70. The van der Waals surface area contributed by atoms with Crippen LogP contribution < -0.4 is 10.1 Å². The maximum Gasteiger partial charge on any atom is 0.122 e. The summed E-state index contributed by atoms with van der Waals surface area (Å²) in [5.41, 5.74) is 2.56. The van der Waals surface area contributed by atoms with Gasteiger partial charge in [0.15, 0.2) is 0 Å². The molecule has 0 unspecified atom stereocenters. The number of nitrogens with one attached hydrogen (secondary N) is 1. The number of hydrogen-bond acceptors (Lipinski definition) is 2. The van der Waals surface area contributed by atoms with Crippen molar-refractivity contribution in [2.24, 2.45) is 0 Å². The third kappa shape index (κ3) is 2.00. The number of unbranched alkanes of at least 4 members (excludes halogenated alkanes) is 1. The van der Waals surface area contributed by atoms with Crippen LogP contribution in [0.3, 0.4) is 0 Å². The summed E-state index contributed by atoms with van der Waals surface area (Å²) in [4.78, 5) is 0. The van der Waals surface area contributed by atoms with Crippen LogP contribution in [0.1, 0.15) is 25.3 Å². The SMILES string of the molecule is CCCCNc1ccc2c(c1)CCO2. The van der Waals surface area contributed by atoms with Crippen molar-refractivity contribution in [3.63, 3.8) is 0 Å². The molecule has 1 aromatic rings. The maximum absolute atomic E-state index is 5.45. The summed E-state index contributed by atoms with van der Waals surface area (Å²) in [5.74, 6) is 1.06. The molecule has 2 nitrogen and oxygen atoms in total. The molecule has 1 aromatic carbocycles. The zero-order valence-corrected chi connectivity index (χ0v) is 8.68. The molecule has 0 spiro atoms. The molecule has 0 aromatic heterocycles. The summed E-state index contributed by atoms with van der Waals surface area (Å²) < 4.78 is 5.45. The molecule has 1 aliphatic heterocycles. The van der Waals surface area contributed by atoms with E-state index in [1.54, 1.807) is 0 Å². The summed E-state index contributed by atoms with van der Waals surface area (Å²) >= 11 is 0. The van der Waals surface area contributed by atoms with Crippen LogP contribution in [0.25, 0.3) is 0 Å². The minimum Gasteiger partial charge on any atom is -0.493 e. The van der Waals surface area contributed by atoms with E-state index in [1.165, 1.54) is 24.1 Å². The first-order valence-corrected chi connectivity index (χ1v) is 5.40. The fourth-order valence-electron chi connectivity index (χ4n) is 1.71. The van der Waals surface area contributed by atoms with Gasteiger partial charge in [-0.15, -0.1) is 0 Å². The predicted molar refractivity (Wildman–Crippen MR) is 59.0 cm³/mol. The molecular formula is C12H17NO. The van der Waals surface area contributed by atoms with Crippen molar-refractivity contribution in [2.75, 3.05) is 18.5 Å². The first-order valence-electron chi connectivity index (χ1n) is 5.40. The number of benzene rings is 1. The lowest BCUT2D eigenvalue weighted by molar-refractivity contribution is 0.357. The van der Waals surface area contributed by atoms with Gasteiger partial charge in [-0.3, -0.25) is 0 Å². The fourth-order valence-corrected chi connectivity index (χ4v) is 1.71. The van der Waals surface area contributed by atoms with Crippen molar-refractivity contribution < 1.29 is 4.74 Å². The predicted octanol–water partition coefficient (Wildman–Crippen LogP) is 2.83. The number of rotatable bonds is 4. The van der Waals surface area contributed by atoms with Crippen molar-refractivity contribution in [3.8, 4) is 5.75 Å². The molecule has 0 saturated heterocycles. The molecule has 0 aliphatic carbocycles. The van der Waals surface area contributed by atoms with E-state index in [1.807, 2.05) is 0 Å². The van der Waals surface area contributed by atoms with Crippen molar-refractivity contribution in [3.05, 3.63) is 23.8 Å². The van der Waals surface area contributed by atoms with Crippen LogP contribution in [0.2, 0.25) is 0 Å². The summed E-state index contributed by atoms with van der Waals surface area (Å²) in [6, 6.07) is 6.37. The van der Waals surface area contributed by atoms with E-state index in [2.05, 4.69) is 30.4 Å². The van der Waals surface area contributed by atoms with Crippen molar-refractivity contribution in [1.82, 2.24) is 0 Å². The van der Waals surface area contributed by atoms with Crippen LogP contribution in [0.5, 0.6) is 5.75 Å². The molecule has 76 valence electrons. The third-order valence-corrected chi connectivity index (χ3v) is 2.55.